The number of hydrogen-bond donors (Lipinski definition) is 1. The Kier molecular flexibility index (Phi) is 7.79. The number of rotatable bonds is 7. The zero-order valence-electron chi connectivity index (χ0n) is 14.0. The van der Waals surface area contributed by atoms with E-state index in [0.717, 1.165) is 30.9 Å². The maximum atomic E-state index is 5.85. The highest BCUT2D eigenvalue weighted by Gasteiger charge is 2.18. The van der Waals surface area contributed by atoms with Gasteiger partial charge in [-0.1, -0.05) is 26.0 Å². The van der Waals surface area contributed by atoms with Crippen molar-refractivity contribution in [3.63, 3.8) is 0 Å². The van der Waals surface area contributed by atoms with Gasteiger partial charge in [0.25, 0.3) is 0 Å². The maximum Gasteiger partial charge on any atom is 0.109 e. The summed E-state index contributed by atoms with van der Waals surface area (Å²) in [7, 11) is 0. The molecule has 1 aliphatic rings. The molecule has 0 aromatic heterocycles. The molecule has 0 aromatic carbocycles. The van der Waals surface area contributed by atoms with Gasteiger partial charge in [0.1, 0.15) is 12.4 Å². The first-order valence-corrected chi connectivity index (χ1v) is 9.02. The number of thioether (sulfide) groups is 1. The summed E-state index contributed by atoms with van der Waals surface area (Å²) in [5, 5.41) is 0.631. The third kappa shape index (κ3) is 5.34. The van der Waals surface area contributed by atoms with Crippen molar-refractivity contribution in [1.29, 1.82) is 0 Å². The Morgan fingerprint density at radius 1 is 1.52 bits per heavy atom. The van der Waals surface area contributed by atoms with Crippen LogP contribution in [0.2, 0.25) is 0 Å². The molecule has 3 atom stereocenters. The van der Waals surface area contributed by atoms with Crippen LogP contribution in [0, 0.1) is 5.92 Å². The second-order valence-corrected chi connectivity index (χ2v) is 6.76. The zero-order valence-corrected chi connectivity index (χ0v) is 14.8. The molecule has 0 spiro atoms. The van der Waals surface area contributed by atoms with Gasteiger partial charge in [-0.3, -0.25) is 0 Å². The predicted octanol–water partition coefficient (Wildman–Crippen LogP) is 3.74. The van der Waals surface area contributed by atoms with Crippen LogP contribution in [0.5, 0.6) is 0 Å². The van der Waals surface area contributed by atoms with E-state index in [9.17, 15) is 0 Å². The number of ether oxygens (including phenoxy) is 1. The van der Waals surface area contributed by atoms with Gasteiger partial charge in [0.05, 0.1) is 12.6 Å². The highest BCUT2D eigenvalue weighted by Crippen LogP contribution is 2.23. The molecule has 0 aliphatic carbocycles. The molecule has 0 saturated carbocycles. The first kappa shape index (κ1) is 18.0. The third-order valence-corrected chi connectivity index (χ3v) is 5.27. The van der Waals surface area contributed by atoms with E-state index < -0.39 is 0 Å². The predicted molar refractivity (Wildman–Crippen MR) is 94.0 cm³/mol. The van der Waals surface area contributed by atoms with Crippen LogP contribution >= 0.6 is 11.8 Å². The minimum atomic E-state index is 0.271. The van der Waals surface area contributed by atoms with Gasteiger partial charge in [0.15, 0.2) is 0 Å². The molecule has 2 unspecified atom stereocenters. The molecule has 2 N–H and O–H groups in total. The SMILES string of the molecule is CCC(/C=C\C(=C/N)[C@@H](C)N1C=C(C)OCC1)C(C)SC. The number of hydrogen-bond acceptors (Lipinski definition) is 4. The lowest BCUT2D eigenvalue weighted by atomic mass is 9.99. The lowest BCUT2D eigenvalue weighted by molar-refractivity contribution is 0.134. The van der Waals surface area contributed by atoms with E-state index in [-0.39, 0.29) is 6.04 Å². The van der Waals surface area contributed by atoms with E-state index >= 15 is 0 Å². The molecule has 0 saturated heterocycles. The van der Waals surface area contributed by atoms with Crippen LogP contribution in [0.25, 0.3) is 0 Å². The average molecular weight is 311 g/mol. The van der Waals surface area contributed by atoms with Gasteiger partial charge in [-0.25, -0.2) is 0 Å². The molecular formula is C17H30N2OS. The Morgan fingerprint density at radius 2 is 2.24 bits per heavy atom. The third-order valence-electron chi connectivity index (χ3n) is 4.18. The van der Waals surface area contributed by atoms with E-state index in [0.29, 0.717) is 11.2 Å². The summed E-state index contributed by atoms with van der Waals surface area (Å²) in [4.78, 5) is 2.29. The van der Waals surface area contributed by atoms with Crippen LogP contribution in [-0.4, -0.2) is 35.6 Å². The van der Waals surface area contributed by atoms with Crippen molar-refractivity contribution in [2.45, 2.75) is 45.4 Å². The van der Waals surface area contributed by atoms with E-state index in [4.69, 9.17) is 10.5 Å². The van der Waals surface area contributed by atoms with E-state index in [1.807, 2.05) is 18.7 Å². The molecule has 4 heteroatoms. The van der Waals surface area contributed by atoms with Gasteiger partial charge in [0, 0.05) is 11.4 Å². The monoisotopic (exact) mass is 310 g/mol. The summed E-state index contributed by atoms with van der Waals surface area (Å²) >= 11 is 1.92. The van der Waals surface area contributed by atoms with Gasteiger partial charge in [-0.2, -0.15) is 11.8 Å². The Balaban J connectivity index is 2.76. The van der Waals surface area contributed by atoms with Crippen LogP contribution in [-0.2, 0) is 4.74 Å². The van der Waals surface area contributed by atoms with Crippen molar-refractivity contribution >= 4 is 11.8 Å². The molecule has 3 nitrogen and oxygen atoms in total. The van der Waals surface area contributed by atoms with Crippen molar-refractivity contribution in [2.75, 3.05) is 19.4 Å². The number of nitrogens with two attached hydrogens (primary N) is 1. The lowest BCUT2D eigenvalue weighted by Gasteiger charge is -2.32. The summed E-state index contributed by atoms with van der Waals surface area (Å²) in [6, 6.07) is 0.271. The minimum Gasteiger partial charge on any atom is -0.495 e. The fourth-order valence-corrected chi connectivity index (χ4v) is 3.15. The topological polar surface area (TPSA) is 38.5 Å². The zero-order chi connectivity index (χ0) is 15.8. The quantitative estimate of drug-likeness (QED) is 0.727. The van der Waals surface area contributed by atoms with Gasteiger partial charge >= 0.3 is 0 Å². The fourth-order valence-electron chi connectivity index (χ4n) is 2.51. The molecule has 120 valence electrons. The first-order chi connectivity index (χ1) is 10.0. The van der Waals surface area contributed by atoms with Crippen LogP contribution in [0.4, 0.5) is 0 Å². The van der Waals surface area contributed by atoms with Gasteiger partial charge < -0.3 is 15.4 Å². The summed E-state index contributed by atoms with van der Waals surface area (Å²) in [5.41, 5.74) is 7.01. The van der Waals surface area contributed by atoms with Crippen LogP contribution in [0.3, 0.4) is 0 Å². The molecular weight excluding hydrogens is 280 g/mol. The molecule has 1 heterocycles. The number of nitrogens with zero attached hydrogens (tertiary/aromatic N) is 1. The Labute approximate surface area is 134 Å². The lowest BCUT2D eigenvalue weighted by Crippen LogP contribution is -2.35. The second-order valence-electron chi connectivity index (χ2n) is 5.54. The van der Waals surface area contributed by atoms with Crippen molar-refractivity contribution in [1.82, 2.24) is 4.90 Å². The van der Waals surface area contributed by atoms with Crippen molar-refractivity contribution in [3.05, 3.63) is 35.9 Å². The van der Waals surface area contributed by atoms with Crippen LogP contribution < -0.4 is 5.73 Å². The first-order valence-electron chi connectivity index (χ1n) is 7.73. The summed E-state index contributed by atoms with van der Waals surface area (Å²) in [6.45, 7) is 10.4. The molecule has 0 aromatic rings. The van der Waals surface area contributed by atoms with Crippen LogP contribution in [0.15, 0.2) is 35.9 Å². The highest BCUT2D eigenvalue weighted by atomic mass is 32.2. The smallest absolute Gasteiger partial charge is 0.109 e. The maximum absolute atomic E-state index is 5.85. The fraction of sp³-hybridized carbons (Fsp3) is 0.647. The van der Waals surface area contributed by atoms with Crippen molar-refractivity contribution in [3.8, 4) is 0 Å². The molecule has 0 amide bonds. The molecule has 21 heavy (non-hydrogen) atoms. The van der Waals surface area contributed by atoms with E-state index in [1.54, 1.807) is 6.20 Å². The minimum absolute atomic E-state index is 0.271. The van der Waals surface area contributed by atoms with Gasteiger partial charge in [0.2, 0.25) is 0 Å². The summed E-state index contributed by atoms with van der Waals surface area (Å²) in [6.07, 6.45) is 11.6. The summed E-state index contributed by atoms with van der Waals surface area (Å²) in [5.74, 6) is 1.56. The molecule has 1 rings (SSSR count). The molecule has 0 radical (unpaired) electrons. The Hall–Kier alpha value is -1.03. The van der Waals surface area contributed by atoms with E-state index in [1.165, 1.54) is 0 Å². The Bertz CT molecular complexity index is 404. The van der Waals surface area contributed by atoms with Gasteiger partial charge in [-0.05, 0) is 44.2 Å². The molecule has 0 bridgehead atoms. The standard InChI is InChI=1S/C17H30N2OS/c1-6-16(15(4)21-5)7-8-17(11-18)14(3)19-9-10-20-13(2)12-19/h7-8,11-12,14-16H,6,9-10,18H2,1-5H3/b8-7-,17-11+/t14-,15?,16?/m1/s1. The average Bonchev–Trinajstić information content (AvgIpc) is 2.50. The Morgan fingerprint density at radius 3 is 2.76 bits per heavy atom. The van der Waals surface area contributed by atoms with Crippen molar-refractivity contribution in [2.24, 2.45) is 11.7 Å². The van der Waals surface area contributed by atoms with E-state index in [2.05, 4.69) is 50.3 Å². The summed E-state index contributed by atoms with van der Waals surface area (Å²) < 4.78 is 5.48. The number of allylic oxidation sites excluding steroid dienone is 2. The molecule has 1 aliphatic heterocycles. The van der Waals surface area contributed by atoms with Gasteiger partial charge in [-0.15, -0.1) is 0 Å². The van der Waals surface area contributed by atoms with Crippen LogP contribution in [0.1, 0.15) is 34.1 Å². The van der Waals surface area contributed by atoms with Crippen molar-refractivity contribution < 1.29 is 4.74 Å². The highest BCUT2D eigenvalue weighted by molar-refractivity contribution is 7.99. The normalized spacial score (nSPS) is 20.9. The molecule has 0 fully saturated rings. The second kappa shape index (κ2) is 9.08. The largest absolute Gasteiger partial charge is 0.495 e.